The molecule has 6 nitrogen and oxygen atoms in total. The maximum Gasteiger partial charge on any atom is 0.202 e. The van der Waals surface area contributed by atoms with Gasteiger partial charge in [-0.15, -0.1) is 11.3 Å². The number of fused-ring (bicyclic) bond motifs is 1. The molecule has 0 aromatic carbocycles. The number of rotatable bonds is 4. The van der Waals surface area contributed by atoms with Crippen LogP contribution in [-0.4, -0.2) is 24.3 Å². The second-order valence-electron chi connectivity index (χ2n) is 4.83. The Kier molecular flexibility index (Phi) is 3.21. The van der Waals surface area contributed by atoms with Crippen molar-refractivity contribution in [2.24, 2.45) is 0 Å². The fourth-order valence-corrected chi connectivity index (χ4v) is 3.17. The lowest BCUT2D eigenvalue weighted by Crippen LogP contribution is -2.10. The average molecular weight is 290 g/mol. The van der Waals surface area contributed by atoms with Crippen molar-refractivity contribution in [3.8, 4) is 0 Å². The second kappa shape index (κ2) is 4.90. The van der Waals surface area contributed by atoms with E-state index in [1.54, 1.807) is 11.3 Å². The van der Waals surface area contributed by atoms with Crippen LogP contribution in [0.3, 0.4) is 0 Å². The molecular formula is C13H18N6S. The first kappa shape index (κ1) is 13.1. The highest BCUT2D eigenvalue weighted by atomic mass is 32.1. The molecule has 0 aliphatic heterocycles. The Morgan fingerprint density at radius 2 is 2.10 bits per heavy atom. The Bertz CT molecular complexity index is 750. The number of aromatic nitrogens is 5. The Balaban J connectivity index is 1.96. The summed E-state index contributed by atoms with van der Waals surface area (Å²) in [6, 6.07) is 0. The van der Waals surface area contributed by atoms with Gasteiger partial charge in [-0.2, -0.15) is 5.10 Å². The van der Waals surface area contributed by atoms with Crippen molar-refractivity contribution in [2.45, 2.75) is 40.3 Å². The fourth-order valence-electron chi connectivity index (χ4n) is 2.41. The van der Waals surface area contributed by atoms with Crippen LogP contribution >= 0.6 is 11.3 Å². The number of nitrogens with zero attached hydrogens (tertiary/aromatic N) is 5. The van der Waals surface area contributed by atoms with E-state index in [1.807, 2.05) is 23.1 Å². The summed E-state index contributed by atoms with van der Waals surface area (Å²) in [5, 5.41) is 7.69. The smallest absolute Gasteiger partial charge is 0.202 e. The molecule has 0 spiro atoms. The highest BCUT2D eigenvalue weighted by Gasteiger charge is 2.16. The molecule has 0 aliphatic carbocycles. The number of nitrogens with two attached hydrogens (primary N) is 1. The number of aryl methyl sites for hydroxylation is 5. The van der Waals surface area contributed by atoms with Gasteiger partial charge < -0.3 is 5.73 Å². The first-order chi connectivity index (χ1) is 9.60. The highest BCUT2D eigenvalue weighted by molar-refractivity contribution is 7.09. The number of hydrogen-bond donors (Lipinski definition) is 1. The molecule has 0 fully saturated rings. The minimum Gasteiger partial charge on any atom is -0.369 e. The van der Waals surface area contributed by atoms with Crippen molar-refractivity contribution >= 4 is 28.4 Å². The van der Waals surface area contributed by atoms with Crippen LogP contribution in [0.2, 0.25) is 0 Å². The van der Waals surface area contributed by atoms with Crippen LogP contribution in [0.4, 0.5) is 5.95 Å². The standard InChI is InChI=1S/C13H18N6S/c1-4-19-12-11(9(3)17-19)16-13(14)18(12)6-5-10-15-8(2)7-20-10/h7H,4-6H2,1-3H3,(H2,14,16). The zero-order valence-corrected chi connectivity index (χ0v) is 12.7. The third kappa shape index (κ3) is 2.07. The summed E-state index contributed by atoms with van der Waals surface area (Å²) in [5.41, 5.74) is 9.97. The normalized spacial score (nSPS) is 11.6. The van der Waals surface area contributed by atoms with Gasteiger partial charge in [0.15, 0.2) is 5.65 Å². The van der Waals surface area contributed by atoms with Crippen molar-refractivity contribution in [3.05, 3.63) is 21.8 Å². The van der Waals surface area contributed by atoms with E-state index < -0.39 is 0 Å². The first-order valence-corrected chi connectivity index (χ1v) is 7.58. The van der Waals surface area contributed by atoms with Crippen molar-refractivity contribution in [1.29, 1.82) is 0 Å². The van der Waals surface area contributed by atoms with Crippen LogP contribution in [-0.2, 0) is 19.5 Å². The molecule has 20 heavy (non-hydrogen) atoms. The van der Waals surface area contributed by atoms with Crippen LogP contribution in [0, 0.1) is 13.8 Å². The lowest BCUT2D eigenvalue weighted by Gasteiger charge is -2.06. The Morgan fingerprint density at radius 3 is 2.75 bits per heavy atom. The second-order valence-corrected chi connectivity index (χ2v) is 5.77. The largest absolute Gasteiger partial charge is 0.369 e. The Morgan fingerprint density at radius 1 is 1.30 bits per heavy atom. The molecule has 0 unspecified atom stereocenters. The maximum atomic E-state index is 6.05. The molecule has 0 saturated heterocycles. The van der Waals surface area contributed by atoms with E-state index in [2.05, 4.69) is 27.4 Å². The topological polar surface area (TPSA) is 74.6 Å². The lowest BCUT2D eigenvalue weighted by atomic mass is 10.4. The van der Waals surface area contributed by atoms with Crippen molar-refractivity contribution in [1.82, 2.24) is 24.3 Å². The highest BCUT2D eigenvalue weighted by Crippen LogP contribution is 2.22. The molecule has 3 aromatic rings. The summed E-state index contributed by atoms with van der Waals surface area (Å²) in [4.78, 5) is 8.93. The molecule has 3 aromatic heterocycles. The van der Waals surface area contributed by atoms with E-state index in [9.17, 15) is 0 Å². The third-order valence-corrected chi connectivity index (χ3v) is 4.37. The molecule has 7 heteroatoms. The van der Waals surface area contributed by atoms with E-state index in [-0.39, 0.29) is 0 Å². The summed E-state index contributed by atoms with van der Waals surface area (Å²) in [6.07, 6.45) is 0.863. The SMILES string of the molecule is CCn1nc(C)c2nc(N)n(CCc3nc(C)cs3)c21. The van der Waals surface area contributed by atoms with Gasteiger partial charge in [-0.3, -0.25) is 4.57 Å². The van der Waals surface area contributed by atoms with Gasteiger partial charge in [0, 0.05) is 30.6 Å². The third-order valence-electron chi connectivity index (χ3n) is 3.34. The minimum atomic E-state index is 0.552. The van der Waals surface area contributed by atoms with E-state index in [0.29, 0.717) is 5.95 Å². The quantitative estimate of drug-likeness (QED) is 0.799. The predicted molar refractivity (Wildman–Crippen MR) is 80.9 cm³/mol. The van der Waals surface area contributed by atoms with Crippen LogP contribution in [0.25, 0.3) is 11.2 Å². The molecule has 0 saturated carbocycles. The Hall–Kier alpha value is -1.89. The van der Waals surface area contributed by atoms with Crippen molar-refractivity contribution in [2.75, 3.05) is 5.73 Å². The minimum absolute atomic E-state index is 0.552. The van der Waals surface area contributed by atoms with Gasteiger partial charge >= 0.3 is 0 Å². The fraction of sp³-hybridized carbons (Fsp3) is 0.462. The maximum absolute atomic E-state index is 6.05. The molecule has 0 aliphatic rings. The molecule has 0 bridgehead atoms. The van der Waals surface area contributed by atoms with E-state index in [1.165, 1.54) is 0 Å². The molecular weight excluding hydrogens is 272 g/mol. The van der Waals surface area contributed by atoms with Crippen LogP contribution in [0.15, 0.2) is 5.38 Å². The summed E-state index contributed by atoms with van der Waals surface area (Å²) >= 11 is 1.69. The zero-order valence-electron chi connectivity index (χ0n) is 11.9. The molecule has 0 atom stereocenters. The number of thiazole rings is 1. The van der Waals surface area contributed by atoms with E-state index in [0.717, 1.165) is 47.1 Å². The van der Waals surface area contributed by atoms with Crippen molar-refractivity contribution in [3.63, 3.8) is 0 Å². The van der Waals surface area contributed by atoms with Gasteiger partial charge in [0.1, 0.15) is 5.52 Å². The van der Waals surface area contributed by atoms with Gasteiger partial charge in [0.25, 0.3) is 0 Å². The molecule has 106 valence electrons. The number of hydrogen-bond acceptors (Lipinski definition) is 5. The zero-order chi connectivity index (χ0) is 14.3. The van der Waals surface area contributed by atoms with Crippen molar-refractivity contribution < 1.29 is 0 Å². The summed E-state index contributed by atoms with van der Waals surface area (Å²) < 4.78 is 4.00. The van der Waals surface area contributed by atoms with Gasteiger partial charge in [-0.25, -0.2) is 14.6 Å². The molecule has 3 heterocycles. The summed E-state index contributed by atoms with van der Waals surface area (Å²) in [7, 11) is 0. The van der Waals surface area contributed by atoms with Gasteiger partial charge in [-0.05, 0) is 20.8 Å². The number of nitrogen functional groups attached to an aromatic ring is 1. The number of anilines is 1. The molecule has 3 rings (SSSR count). The first-order valence-electron chi connectivity index (χ1n) is 6.70. The van der Waals surface area contributed by atoms with Gasteiger partial charge in [-0.1, -0.05) is 0 Å². The van der Waals surface area contributed by atoms with Crippen LogP contribution < -0.4 is 5.73 Å². The van der Waals surface area contributed by atoms with Gasteiger partial charge in [0.2, 0.25) is 5.95 Å². The molecule has 0 radical (unpaired) electrons. The molecule has 2 N–H and O–H groups in total. The summed E-state index contributed by atoms with van der Waals surface area (Å²) in [5.74, 6) is 0.552. The van der Waals surface area contributed by atoms with Gasteiger partial charge in [0.05, 0.1) is 10.7 Å². The van der Waals surface area contributed by atoms with E-state index in [4.69, 9.17) is 5.73 Å². The summed E-state index contributed by atoms with van der Waals surface area (Å²) in [6.45, 7) is 7.64. The molecule has 0 amide bonds. The lowest BCUT2D eigenvalue weighted by molar-refractivity contribution is 0.630. The van der Waals surface area contributed by atoms with Crippen LogP contribution in [0.5, 0.6) is 0 Å². The average Bonchev–Trinajstić information content (AvgIpc) is 3.05. The van der Waals surface area contributed by atoms with Crippen LogP contribution in [0.1, 0.15) is 23.3 Å². The Labute approximate surface area is 121 Å². The predicted octanol–water partition coefficient (Wildman–Crippen LogP) is 2.15. The number of imidazole rings is 1. The van der Waals surface area contributed by atoms with E-state index >= 15 is 0 Å². The monoisotopic (exact) mass is 290 g/mol.